The van der Waals surface area contributed by atoms with Crippen LogP contribution in [0.25, 0.3) is 11.2 Å². The van der Waals surface area contributed by atoms with Gasteiger partial charge in [0.2, 0.25) is 5.95 Å². The number of aromatic nitrogens is 4. The summed E-state index contributed by atoms with van der Waals surface area (Å²) in [5, 5.41) is 0. The fourth-order valence-electron chi connectivity index (χ4n) is 2.69. The molecule has 0 saturated heterocycles. The Bertz CT molecular complexity index is 545. The first-order valence-corrected chi connectivity index (χ1v) is 6.23. The number of fused-ring (bicyclic) bond motifs is 1. The summed E-state index contributed by atoms with van der Waals surface area (Å²) in [7, 11) is 0. The minimum absolute atomic E-state index is 0. The Hall–Kier alpha value is -1.65. The fourth-order valence-corrected chi connectivity index (χ4v) is 2.69. The molecule has 2 heterocycles. The number of hydrogen-bond donors (Lipinski definition) is 1. The molecule has 0 atom stereocenters. The molecule has 0 unspecified atom stereocenters. The first-order chi connectivity index (χ1) is 8.25. The van der Waals surface area contributed by atoms with Crippen LogP contribution in [0.15, 0.2) is 6.20 Å². The van der Waals surface area contributed by atoms with Gasteiger partial charge in [0.25, 0.3) is 0 Å². The summed E-state index contributed by atoms with van der Waals surface area (Å²) < 4.78 is 2.10. The van der Waals surface area contributed by atoms with Gasteiger partial charge in [0.15, 0.2) is 5.65 Å². The van der Waals surface area contributed by atoms with E-state index in [1.165, 1.54) is 32.1 Å². The maximum atomic E-state index is 6.02. The molecule has 17 heavy (non-hydrogen) atoms. The third-order valence-corrected chi connectivity index (χ3v) is 3.52. The Morgan fingerprint density at radius 3 is 2.82 bits per heavy atom. The number of hydrogen-bond acceptors (Lipinski definition) is 4. The van der Waals surface area contributed by atoms with E-state index in [1.807, 2.05) is 6.92 Å². The van der Waals surface area contributed by atoms with Crippen LogP contribution < -0.4 is 5.73 Å². The lowest BCUT2D eigenvalue weighted by Crippen LogP contribution is -2.15. The van der Waals surface area contributed by atoms with Crippen LogP contribution >= 0.6 is 0 Å². The van der Waals surface area contributed by atoms with E-state index in [-0.39, 0.29) is 1.43 Å². The Morgan fingerprint density at radius 2 is 2.06 bits per heavy atom. The molecule has 0 bridgehead atoms. The molecule has 0 spiro atoms. The molecule has 0 aliphatic heterocycles. The topological polar surface area (TPSA) is 69.6 Å². The lowest BCUT2D eigenvalue weighted by atomic mass is 9.95. The van der Waals surface area contributed by atoms with Crippen LogP contribution in [0, 0.1) is 6.92 Å². The van der Waals surface area contributed by atoms with Gasteiger partial charge in [0.05, 0.1) is 6.20 Å². The van der Waals surface area contributed by atoms with Crippen molar-refractivity contribution in [2.45, 2.75) is 45.1 Å². The third-order valence-electron chi connectivity index (χ3n) is 3.52. The van der Waals surface area contributed by atoms with Crippen LogP contribution in [0.4, 0.5) is 5.95 Å². The zero-order valence-electron chi connectivity index (χ0n) is 10.1. The molecule has 1 aliphatic rings. The number of nitrogens with two attached hydrogens (primary N) is 1. The Labute approximate surface area is 102 Å². The fraction of sp³-hybridized carbons (Fsp3) is 0.583. The first-order valence-electron chi connectivity index (χ1n) is 6.23. The van der Waals surface area contributed by atoms with Crippen LogP contribution in [0.3, 0.4) is 0 Å². The summed E-state index contributed by atoms with van der Waals surface area (Å²) in [6, 6.07) is 0.461. The molecule has 0 amide bonds. The number of rotatable bonds is 1. The predicted molar refractivity (Wildman–Crippen MR) is 68.7 cm³/mol. The van der Waals surface area contributed by atoms with E-state index in [4.69, 9.17) is 5.73 Å². The molecular formula is C12H19N5. The molecule has 2 aromatic rings. The van der Waals surface area contributed by atoms with Crippen molar-refractivity contribution >= 4 is 17.1 Å². The van der Waals surface area contributed by atoms with E-state index >= 15 is 0 Å². The van der Waals surface area contributed by atoms with Gasteiger partial charge in [-0.3, -0.25) is 4.57 Å². The molecule has 2 N–H and O–H groups in total. The zero-order chi connectivity index (χ0) is 11.8. The normalized spacial score (nSPS) is 17.7. The minimum Gasteiger partial charge on any atom is -0.369 e. The van der Waals surface area contributed by atoms with Gasteiger partial charge in [0, 0.05) is 7.47 Å². The largest absolute Gasteiger partial charge is 0.369 e. The van der Waals surface area contributed by atoms with Crippen molar-refractivity contribution in [3.63, 3.8) is 0 Å². The second-order valence-corrected chi connectivity index (χ2v) is 4.76. The number of aryl methyl sites for hydroxylation is 1. The number of imidazole rings is 1. The van der Waals surface area contributed by atoms with E-state index in [2.05, 4.69) is 19.5 Å². The molecule has 92 valence electrons. The summed E-state index contributed by atoms with van der Waals surface area (Å²) in [5.41, 5.74) is 7.71. The number of nitrogen functional groups attached to an aromatic ring is 1. The van der Waals surface area contributed by atoms with Gasteiger partial charge in [-0.05, 0) is 19.8 Å². The molecule has 5 nitrogen and oxygen atoms in total. The van der Waals surface area contributed by atoms with Gasteiger partial charge in [-0.1, -0.05) is 19.3 Å². The quantitative estimate of drug-likeness (QED) is 0.821. The van der Waals surface area contributed by atoms with Crippen LogP contribution in [0.2, 0.25) is 0 Å². The predicted octanol–water partition coefficient (Wildman–Crippen LogP) is 2.47. The monoisotopic (exact) mass is 233 g/mol. The van der Waals surface area contributed by atoms with Gasteiger partial charge in [0.1, 0.15) is 11.3 Å². The highest BCUT2D eigenvalue weighted by Crippen LogP contribution is 2.32. The average Bonchev–Trinajstić information content (AvgIpc) is 2.65. The highest BCUT2D eigenvalue weighted by Gasteiger charge is 2.21. The van der Waals surface area contributed by atoms with Crippen molar-refractivity contribution < 1.29 is 1.43 Å². The van der Waals surface area contributed by atoms with E-state index in [0.29, 0.717) is 12.0 Å². The highest BCUT2D eigenvalue weighted by molar-refractivity contribution is 5.73. The average molecular weight is 233 g/mol. The molecular weight excluding hydrogens is 214 g/mol. The van der Waals surface area contributed by atoms with E-state index < -0.39 is 0 Å². The minimum atomic E-state index is 0. The SMILES string of the molecule is Cc1ncc2nc(N)n(C3CCCCC3)c2n1.[HH]. The molecule has 5 heteroatoms. The Kier molecular flexibility index (Phi) is 2.46. The maximum absolute atomic E-state index is 6.02. The van der Waals surface area contributed by atoms with Crippen molar-refractivity contribution in [2.24, 2.45) is 0 Å². The lowest BCUT2D eigenvalue weighted by Gasteiger charge is -2.24. The third kappa shape index (κ3) is 1.75. The molecule has 0 aromatic carbocycles. The summed E-state index contributed by atoms with van der Waals surface area (Å²) in [4.78, 5) is 13.0. The van der Waals surface area contributed by atoms with Gasteiger partial charge in [-0.2, -0.15) is 0 Å². The smallest absolute Gasteiger partial charge is 0.202 e. The maximum Gasteiger partial charge on any atom is 0.202 e. The van der Waals surface area contributed by atoms with E-state index in [9.17, 15) is 0 Å². The van der Waals surface area contributed by atoms with Crippen LogP contribution in [-0.4, -0.2) is 19.5 Å². The summed E-state index contributed by atoms with van der Waals surface area (Å²) in [5.74, 6) is 1.35. The first kappa shape index (κ1) is 10.5. The van der Waals surface area contributed by atoms with Crippen molar-refractivity contribution in [1.29, 1.82) is 0 Å². The highest BCUT2D eigenvalue weighted by atomic mass is 15.2. The molecule has 1 saturated carbocycles. The van der Waals surface area contributed by atoms with Gasteiger partial charge < -0.3 is 5.73 Å². The van der Waals surface area contributed by atoms with Crippen LogP contribution in [0.5, 0.6) is 0 Å². The van der Waals surface area contributed by atoms with Gasteiger partial charge >= 0.3 is 0 Å². The summed E-state index contributed by atoms with van der Waals surface area (Å²) in [6.07, 6.45) is 7.99. The summed E-state index contributed by atoms with van der Waals surface area (Å²) in [6.45, 7) is 1.90. The van der Waals surface area contributed by atoms with E-state index in [0.717, 1.165) is 17.0 Å². The van der Waals surface area contributed by atoms with E-state index in [1.54, 1.807) is 6.20 Å². The number of nitrogens with zero attached hydrogens (tertiary/aromatic N) is 4. The van der Waals surface area contributed by atoms with Crippen LogP contribution in [0.1, 0.15) is 45.4 Å². The zero-order valence-corrected chi connectivity index (χ0v) is 10.1. The van der Waals surface area contributed by atoms with Gasteiger partial charge in [-0.25, -0.2) is 15.0 Å². The molecule has 0 radical (unpaired) electrons. The molecule has 3 rings (SSSR count). The Balaban J connectivity index is 0.00000120. The van der Waals surface area contributed by atoms with Crippen LogP contribution in [-0.2, 0) is 0 Å². The number of anilines is 1. The molecule has 1 fully saturated rings. The Morgan fingerprint density at radius 1 is 1.29 bits per heavy atom. The van der Waals surface area contributed by atoms with Gasteiger partial charge in [-0.15, -0.1) is 0 Å². The molecule has 2 aromatic heterocycles. The second kappa shape index (κ2) is 3.98. The van der Waals surface area contributed by atoms with Crippen molar-refractivity contribution in [1.82, 2.24) is 19.5 Å². The van der Waals surface area contributed by atoms with Crippen molar-refractivity contribution in [3.05, 3.63) is 12.0 Å². The summed E-state index contributed by atoms with van der Waals surface area (Å²) >= 11 is 0. The lowest BCUT2D eigenvalue weighted by molar-refractivity contribution is 0.361. The van der Waals surface area contributed by atoms with Crippen molar-refractivity contribution in [3.8, 4) is 0 Å². The van der Waals surface area contributed by atoms with Crippen molar-refractivity contribution in [2.75, 3.05) is 5.73 Å². The molecule has 1 aliphatic carbocycles. The second-order valence-electron chi connectivity index (χ2n) is 4.76. The standard InChI is InChI=1S/C12H17N5.H2/c1-8-14-7-10-11(15-8)17(12(13)16-10)9-5-3-2-4-6-9;/h7,9H,2-6H2,1H3,(H2,13,16);1H.